The summed E-state index contributed by atoms with van der Waals surface area (Å²) in [4.78, 5) is 7.70. The Morgan fingerprint density at radius 1 is 0.929 bits per heavy atom. The van der Waals surface area contributed by atoms with Crippen molar-refractivity contribution in [1.82, 2.24) is 9.97 Å². The quantitative estimate of drug-likeness (QED) is 0.788. The van der Waals surface area contributed by atoms with Crippen molar-refractivity contribution < 1.29 is 4.39 Å². The van der Waals surface area contributed by atoms with Crippen LogP contribution in [0, 0.1) is 5.82 Å². The number of halogens is 1. The van der Waals surface area contributed by atoms with Gasteiger partial charge in [0.2, 0.25) is 0 Å². The molecule has 3 nitrogen and oxygen atoms in total. The maximum Gasteiger partial charge on any atom is 0.123 e. The molecule has 0 radical (unpaired) electrons. The Balaban J connectivity index is 2.16. The minimum atomic E-state index is -0.250. The third-order valence-electron chi connectivity index (χ3n) is 1.69. The smallest absolute Gasteiger partial charge is 0.123 e. The van der Waals surface area contributed by atoms with Crippen molar-refractivity contribution in [3.63, 3.8) is 0 Å². The zero-order chi connectivity index (χ0) is 9.80. The Bertz CT molecular complexity index is 399. The van der Waals surface area contributed by atoms with Crippen molar-refractivity contribution in [3.05, 3.63) is 48.8 Å². The van der Waals surface area contributed by atoms with Gasteiger partial charge in [-0.15, -0.1) is 0 Å². The SMILES string of the molecule is Fc1ccc(Nc2cncnc2)cc1. The molecule has 0 atom stereocenters. The van der Waals surface area contributed by atoms with Crippen molar-refractivity contribution in [3.8, 4) is 0 Å². The molecule has 0 aliphatic carbocycles. The Hall–Kier alpha value is -1.97. The third-order valence-corrected chi connectivity index (χ3v) is 1.69. The molecule has 0 aliphatic heterocycles. The van der Waals surface area contributed by atoms with Crippen LogP contribution >= 0.6 is 0 Å². The number of benzene rings is 1. The van der Waals surface area contributed by atoms with Crippen LogP contribution < -0.4 is 5.32 Å². The molecular formula is C10H8FN3. The number of nitrogens with one attached hydrogen (secondary N) is 1. The summed E-state index contributed by atoms with van der Waals surface area (Å²) in [6.07, 6.45) is 4.75. The zero-order valence-electron chi connectivity index (χ0n) is 7.31. The lowest BCUT2D eigenvalue weighted by Gasteiger charge is -2.03. The second-order valence-electron chi connectivity index (χ2n) is 2.76. The topological polar surface area (TPSA) is 37.8 Å². The van der Waals surface area contributed by atoms with E-state index >= 15 is 0 Å². The molecule has 0 amide bonds. The van der Waals surface area contributed by atoms with Crippen LogP contribution in [0.15, 0.2) is 43.0 Å². The molecule has 0 aliphatic rings. The number of rotatable bonds is 2. The largest absolute Gasteiger partial charge is 0.353 e. The maximum atomic E-state index is 12.6. The van der Waals surface area contributed by atoms with E-state index in [1.54, 1.807) is 24.5 Å². The molecule has 0 spiro atoms. The second-order valence-corrected chi connectivity index (χ2v) is 2.76. The van der Waals surface area contributed by atoms with E-state index in [1.165, 1.54) is 18.5 Å². The van der Waals surface area contributed by atoms with Crippen molar-refractivity contribution >= 4 is 11.4 Å². The van der Waals surface area contributed by atoms with Gasteiger partial charge < -0.3 is 5.32 Å². The van der Waals surface area contributed by atoms with Gasteiger partial charge in [-0.3, -0.25) is 0 Å². The second kappa shape index (κ2) is 3.83. The highest BCUT2D eigenvalue weighted by Gasteiger charge is 1.94. The number of anilines is 2. The van der Waals surface area contributed by atoms with Gasteiger partial charge in [-0.1, -0.05) is 0 Å². The summed E-state index contributed by atoms with van der Waals surface area (Å²) in [5.41, 5.74) is 1.58. The maximum absolute atomic E-state index is 12.6. The molecule has 1 N–H and O–H groups in total. The van der Waals surface area contributed by atoms with Gasteiger partial charge in [-0.05, 0) is 24.3 Å². The Labute approximate surface area is 80.6 Å². The van der Waals surface area contributed by atoms with Gasteiger partial charge in [-0.2, -0.15) is 0 Å². The van der Waals surface area contributed by atoms with Gasteiger partial charge in [0, 0.05) is 5.69 Å². The van der Waals surface area contributed by atoms with Crippen molar-refractivity contribution in [1.29, 1.82) is 0 Å². The van der Waals surface area contributed by atoms with Crippen LogP contribution in [0.25, 0.3) is 0 Å². The first-order valence-electron chi connectivity index (χ1n) is 4.12. The van der Waals surface area contributed by atoms with Crippen LogP contribution in [0.5, 0.6) is 0 Å². The van der Waals surface area contributed by atoms with E-state index < -0.39 is 0 Å². The Morgan fingerprint density at radius 2 is 1.57 bits per heavy atom. The highest BCUT2D eigenvalue weighted by molar-refractivity contribution is 5.57. The van der Waals surface area contributed by atoms with E-state index in [4.69, 9.17) is 0 Å². The monoisotopic (exact) mass is 189 g/mol. The molecule has 1 heterocycles. The summed E-state index contributed by atoms with van der Waals surface area (Å²) in [6, 6.07) is 6.10. The molecule has 0 fully saturated rings. The molecule has 4 heteroatoms. The molecule has 70 valence electrons. The lowest BCUT2D eigenvalue weighted by Crippen LogP contribution is -1.91. The number of nitrogens with zero attached hydrogens (tertiary/aromatic N) is 2. The molecule has 2 aromatic rings. The van der Waals surface area contributed by atoms with Crippen LogP contribution in [0.4, 0.5) is 15.8 Å². The van der Waals surface area contributed by atoms with Gasteiger partial charge >= 0.3 is 0 Å². The summed E-state index contributed by atoms with van der Waals surface area (Å²) in [6.45, 7) is 0. The van der Waals surface area contributed by atoms with Gasteiger partial charge in [0.15, 0.2) is 0 Å². The normalized spacial score (nSPS) is 9.79. The molecule has 14 heavy (non-hydrogen) atoms. The van der Waals surface area contributed by atoms with E-state index in [2.05, 4.69) is 15.3 Å². The van der Waals surface area contributed by atoms with Crippen LogP contribution in [-0.4, -0.2) is 9.97 Å². The fourth-order valence-electron chi connectivity index (χ4n) is 1.06. The van der Waals surface area contributed by atoms with E-state index in [9.17, 15) is 4.39 Å². The van der Waals surface area contributed by atoms with Crippen molar-refractivity contribution in [2.45, 2.75) is 0 Å². The lowest BCUT2D eigenvalue weighted by molar-refractivity contribution is 0.628. The minimum absolute atomic E-state index is 0.250. The first kappa shape index (κ1) is 8.62. The molecule has 0 saturated carbocycles. The molecule has 0 bridgehead atoms. The first-order valence-corrected chi connectivity index (χ1v) is 4.12. The van der Waals surface area contributed by atoms with Gasteiger partial charge in [0.25, 0.3) is 0 Å². The third kappa shape index (κ3) is 2.04. The van der Waals surface area contributed by atoms with Crippen LogP contribution in [0.2, 0.25) is 0 Å². The van der Waals surface area contributed by atoms with E-state index in [-0.39, 0.29) is 5.82 Å². The number of hydrogen-bond donors (Lipinski definition) is 1. The minimum Gasteiger partial charge on any atom is -0.353 e. The Kier molecular flexibility index (Phi) is 2.36. The van der Waals surface area contributed by atoms with Crippen molar-refractivity contribution in [2.24, 2.45) is 0 Å². The number of hydrogen-bond acceptors (Lipinski definition) is 3. The molecule has 0 unspecified atom stereocenters. The van der Waals surface area contributed by atoms with Crippen LogP contribution in [0.3, 0.4) is 0 Å². The molecular weight excluding hydrogens is 181 g/mol. The predicted octanol–water partition coefficient (Wildman–Crippen LogP) is 2.36. The van der Waals surface area contributed by atoms with Crippen LogP contribution in [-0.2, 0) is 0 Å². The van der Waals surface area contributed by atoms with Crippen molar-refractivity contribution in [2.75, 3.05) is 5.32 Å². The van der Waals surface area contributed by atoms with Gasteiger partial charge in [0.05, 0.1) is 18.1 Å². The molecule has 1 aromatic carbocycles. The average Bonchev–Trinajstić information content (AvgIpc) is 2.23. The fourth-order valence-corrected chi connectivity index (χ4v) is 1.06. The highest BCUT2D eigenvalue weighted by atomic mass is 19.1. The Morgan fingerprint density at radius 3 is 2.21 bits per heavy atom. The number of aromatic nitrogens is 2. The molecule has 0 saturated heterocycles. The lowest BCUT2D eigenvalue weighted by atomic mass is 10.3. The predicted molar refractivity (Wildman–Crippen MR) is 51.7 cm³/mol. The zero-order valence-corrected chi connectivity index (χ0v) is 7.31. The van der Waals surface area contributed by atoms with Gasteiger partial charge in [0.1, 0.15) is 12.1 Å². The fraction of sp³-hybridized carbons (Fsp3) is 0. The van der Waals surface area contributed by atoms with E-state index in [0.29, 0.717) is 0 Å². The summed E-state index contributed by atoms with van der Waals surface area (Å²) in [5, 5.41) is 3.04. The highest BCUT2D eigenvalue weighted by Crippen LogP contribution is 2.14. The average molecular weight is 189 g/mol. The summed E-state index contributed by atoms with van der Waals surface area (Å²) in [5.74, 6) is -0.250. The van der Waals surface area contributed by atoms with Crippen LogP contribution in [0.1, 0.15) is 0 Å². The summed E-state index contributed by atoms with van der Waals surface area (Å²) < 4.78 is 12.6. The first-order chi connectivity index (χ1) is 6.84. The molecule has 1 aromatic heterocycles. The van der Waals surface area contributed by atoms with Gasteiger partial charge in [-0.25, -0.2) is 14.4 Å². The van der Waals surface area contributed by atoms with E-state index in [1.807, 2.05) is 0 Å². The summed E-state index contributed by atoms with van der Waals surface area (Å²) in [7, 11) is 0. The summed E-state index contributed by atoms with van der Waals surface area (Å²) >= 11 is 0. The molecule has 2 rings (SSSR count). The standard InChI is InChI=1S/C10H8FN3/c11-8-1-3-9(4-2-8)14-10-5-12-7-13-6-10/h1-7,14H. The van der Waals surface area contributed by atoms with E-state index in [0.717, 1.165) is 11.4 Å².